The summed E-state index contributed by atoms with van der Waals surface area (Å²) in [6, 6.07) is 0. The van der Waals surface area contributed by atoms with Gasteiger partial charge in [0.2, 0.25) is 5.91 Å². The Morgan fingerprint density at radius 2 is 2.33 bits per heavy atom. The minimum Gasteiger partial charge on any atom is -0.383 e. The molecule has 1 atom stereocenters. The standard InChI is InChI=1S/C6H11NO2/c1-4(2)3-5(8)6(7)9/h5,8H,1,3H2,2H3,(H2,7,9). The average molecular weight is 129 g/mol. The zero-order valence-electron chi connectivity index (χ0n) is 5.42. The van der Waals surface area contributed by atoms with E-state index < -0.39 is 12.0 Å². The number of amides is 1. The number of hydrogen-bond acceptors (Lipinski definition) is 2. The molecule has 9 heavy (non-hydrogen) atoms. The first kappa shape index (κ1) is 8.17. The van der Waals surface area contributed by atoms with Crippen LogP contribution in [0.2, 0.25) is 0 Å². The molecule has 3 nitrogen and oxygen atoms in total. The molecule has 0 rings (SSSR count). The summed E-state index contributed by atoms with van der Waals surface area (Å²) < 4.78 is 0. The maximum Gasteiger partial charge on any atom is 0.246 e. The van der Waals surface area contributed by atoms with E-state index in [-0.39, 0.29) is 6.42 Å². The summed E-state index contributed by atoms with van der Waals surface area (Å²) in [6.45, 7) is 5.24. The monoisotopic (exact) mass is 129 g/mol. The van der Waals surface area contributed by atoms with E-state index in [1.807, 2.05) is 0 Å². The zero-order chi connectivity index (χ0) is 7.44. The first-order valence-electron chi connectivity index (χ1n) is 2.66. The van der Waals surface area contributed by atoms with Gasteiger partial charge in [0.25, 0.3) is 0 Å². The third-order valence-corrected chi connectivity index (χ3v) is 0.870. The van der Waals surface area contributed by atoms with E-state index in [4.69, 9.17) is 10.8 Å². The molecule has 3 heteroatoms. The molecule has 1 amide bonds. The van der Waals surface area contributed by atoms with E-state index in [9.17, 15) is 4.79 Å². The van der Waals surface area contributed by atoms with Crippen molar-refractivity contribution < 1.29 is 9.90 Å². The van der Waals surface area contributed by atoms with Crippen molar-refractivity contribution in [3.8, 4) is 0 Å². The second-order valence-corrected chi connectivity index (χ2v) is 2.08. The largest absolute Gasteiger partial charge is 0.383 e. The fraction of sp³-hybridized carbons (Fsp3) is 0.500. The third-order valence-electron chi connectivity index (χ3n) is 0.870. The molecule has 0 saturated heterocycles. The maximum absolute atomic E-state index is 10.2. The number of aliphatic hydroxyl groups excluding tert-OH is 1. The predicted octanol–water partition coefficient (Wildman–Crippen LogP) is -0.201. The summed E-state index contributed by atoms with van der Waals surface area (Å²) in [4.78, 5) is 10.2. The van der Waals surface area contributed by atoms with Gasteiger partial charge in [-0.05, 0) is 6.92 Å². The molecule has 0 saturated carbocycles. The minimum absolute atomic E-state index is 0.259. The highest BCUT2D eigenvalue weighted by molar-refractivity contribution is 5.78. The second kappa shape index (κ2) is 3.25. The van der Waals surface area contributed by atoms with Gasteiger partial charge < -0.3 is 10.8 Å². The molecule has 0 aromatic rings. The molecule has 0 aromatic heterocycles. The lowest BCUT2D eigenvalue weighted by molar-refractivity contribution is -0.125. The van der Waals surface area contributed by atoms with Gasteiger partial charge in [-0.3, -0.25) is 4.79 Å². The molecule has 52 valence electrons. The molecule has 0 spiro atoms. The number of hydrogen-bond donors (Lipinski definition) is 2. The van der Waals surface area contributed by atoms with Crippen LogP contribution in [-0.2, 0) is 4.79 Å². The van der Waals surface area contributed by atoms with Gasteiger partial charge in [0.1, 0.15) is 6.10 Å². The summed E-state index contributed by atoms with van der Waals surface area (Å²) in [5.41, 5.74) is 5.51. The molecule has 0 radical (unpaired) electrons. The number of carbonyl (C=O) groups is 1. The van der Waals surface area contributed by atoms with Crippen molar-refractivity contribution in [2.24, 2.45) is 5.73 Å². The Balaban J connectivity index is 3.63. The predicted molar refractivity (Wildman–Crippen MR) is 34.6 cm³/mol. The number of nitrogens with two attached hydrogens (primary N) is 1. The molecule has 0 aromatic carbocycles. The quantitative estimate of drug-likeness (QED) is 0.518. The van der Waals surface area contributed by atoms with Crippen LogP contribution in [0.25, 0.3) is 0 Å². The Hall–Kier alpha value is -0.830. The van der Waals surface area contributed by atoms with E-state index >= 15 is 0 Å². The van der Waals surface area contributed by atoms with Crippen LogP contribution in [0, 0.1) is 0 Å². The highest BCUT2D eigenvalue weighted by Crippen LogP contribution is 1.99. The summed E-state index contributed by atoms with van der Waals surface area (Å²) in [6.07, 6.45) is -0.808. The first-order chi connectivity index (χ1) is 4.04. The van der Waals surface area contributed by atoms with Crippen LogP contribution >= 0.6 is 0 Å². The average Bonchev–Trinajstić information content (AvgIpc) is 1.63. The topological polar surface area (TPSA) is 63.3 Å². The third kappa shape index (κ3) is 3.73. The number of primary amides is 1. The molecular formula is C6H11NO2. The number of rotatable bonds is 3. The van der Waals surface area contributed by atoms with Crippen LogP contribution < -0.4 is 5.73 Å². The summed E-state index contributed by atoms with van der Waals surface area (Å²) in [5, 5.41) is 8.76. The molecule has 0 aliphatic rings. The van der Waals surface area contributed by atoms with E-state index in [0.717, 1.165) is 5.57 Å². The Bertz CT molecular complexity index is 131. The van der Waals surface area contributed by atoms with E-state index in [1.165, 1.54) is 0 Å². The van der Waals surface area contributed by atoms with Crippen LogP contribution in [-0.4, -0.2) is 17.1 Å². The van der Waals surface area contributed by atoms with Gasteiger partial charge in [0.05, 0.1) is 0 Å². The smallest absolute Gasteiger partial charge is 0.246 e. The van der Waals surface area contributed by atoms with Crippen molar-refractivity contribution in [1.82, 2.24) is 0 Å². The highest BCUT2D eigenvalue weighted by atomic mass is 16.3. The molecule has 1 unspecified atom stereocenters. The van der Waals surface area contributed by atoms with Gasteiger partial charge in [0.15, 0.2) is 0 Å². The molecule has 0 fully saturated rings. The summed E-state index contributed by atoms with van der Waals surface area (Å²) in [7, 11) is 0. The Kier molecular flexibility index (Phi) is 2.95. The minimum atomic E-state index is -1.07. The highest BCUT2D eigenvalue weighted by Gasteiger charge is 2.09. The molecule has 0 heterocycles. The van der Waals surface area contributed by atoms with E-state index in [2.05, 4.69) is 6.58 Å². The Morgan fingerprint density at radius 1 is 1.89 bits per heavy atom. The van der Waals surface area contributed by atoms with Crippen LogP contribution in [0.5, 0.6) is 0 Å². The van der Waals surface area contributed by atoms with Crippen molar-refractivity contribution in [1.29, 1.82) is 0 Å². The Morgan fingerprint density at radius 3 is 2.44 bits per heavy atom. The molecule has 3 N–H and O–H groups in total. The van der Waals surface area contributed by atoms with E-state index in [0.29, 0.717) is 0 Å². The normalized spacial score (nSPS) is 12.7. The van der Waals surface area contributed by atoms with Crippen molar-refractivity contribution in [3.05, 3.63) is 12.2 Å². The van der Waals surface area contributed by atoms with Gasteiger partial charge in [0, 0.05) is 6.42 Å². The SMILES string of the molecule is C=C(C)CC(O)C(N)=O. The number of carbonyl (C=O) groups excluding carboxylic acids is 1. The Labute approximate surface area is 54.2 Å². The van der Waals surface area contributed by atoms with Crippen LogP contribution in [0.1, 0.15) is 13.3 Å². The van der Waals surface area contributed by atoms with Crippen LogP contribution in [0.15, 0.2) is 12.2 Å². The zero-order valence-corrected chi connectivity index (χ0v) is 5.42. The lowest BCUT2D eigenvalue weighted by Gasteiger charge is -2.03. The van der Waals surface area contributed by atoms with Gasteiger partial charge in [-0.15, -0.1) is 6.58 Å². The molecular weight excluding hydrogens is 118 g/mol. The fourth-order valence-electron chi connectivity index (χ4n) is 0.431. The second-order valence-electron chi connectivity index (χ2n) is 2.08. The van der Waals surface area contributed by atoms with Crippen molar-refractivity contribution in [2.45, 2.75) is 19.4 Å². The van der Waals surface area contributed by atoms with Gasteiger partial charge >= 0.3 is 0 Å². The molecule has 0 aliphatic carbocycles. The first-order valence-corrected chi connectivity index (χ1v) is 2.66. The van der Waals surface area contributed by atoms with Crippen LogP contribution in [0.3, 0.4) is 0 Å². The lowest BCUT2D eigenvalue weighted by Crippen LogP contribution is -2.28. The van der Waals surface area contributed by atoms with Gasteiger partial charge in [-0.1, -0.05) is 5.57 Å². The fourth-order valence-corrected chi connectivity index (χ4v) is 0.431. The number of aliphatic hydroxyl groups is 1. The summed E-state index contributed by atoms with van der Waals surface area (Å²) in [5.74, 6) is -0.696. The lowest BCUT2D eigenvalue weighted by atomic mass is 10.1. The molecule has 0 aliphatic heterocycles. The van der Waals surface area contributed by atoms with Crippen molar-refractivity contribution in [2.75, 3.05) is 0 Å². The van der Waals surface area contributed by atoms with Crippen molar-refractivity contribution in [3.63, 3.8) is 0 Å². The van der Waals surface area contributed by atoms with E-state index in [1.54, 1.807) is 6.92 Å². The van der Waals surface area contributed by atoms with Gasteiger partial charge in [-0.2, -0.15) is 0 Å². The van der Waals surface area contributed by atoms with Gasteiger partial charge in [-0.25, -0.2) is 0 Å². The van der Waals surface area contributed by atoms with Crippen LogP contribution in [0.4, 0.5) is 0 Å². The van der Waals surface area contributed by atoms with Crippen molar-refractivity contribution >= 4 is 5.91 Å². The molecule has 0 bridgehead atoms. The maximum atomic E-state index is 10.2. The summed E-state index contributed by atoms with van der Waals surface area (Å²) >= 11 is 0.